The van der Waals surface area contributed by atoms with E-state index >= 15 is 0 Å². The summed E-state index contributed by atoms with van der Waals surface area (Å²) >= 11 is 0. The van der Waals surface area contributed by atoms with Crippen LogP contribution < -0.4 is 5.73 Å². The van der Waals surface area contributed by atoms with E-state index in [-0.39, 0.29) is 0 Å². The number of hydrogen-bond donors (Lipinski definition) is 1. The molecule has 1 atom stereocenters. The highest BCUT2D eigenvalue weighted by atomic mass is 15.2. The zero-order valence-corrected chi connectivity index (χ0v) is 9.43. The summed E-state index contributed by atoms with van der Waals surface area (Å²) in [5, 5.41) is 0. The molecule has 0 amide bonds. The van der Waals surface area contributed by atoms with Crippen LogP contribution in [0.3, 0.4) is 0 Å². The third kappa shape index (κ3) is 1.30. The Kier molecular flexibility index (Phi) is 2.11. The fraction of sp³-hybridized carbons (Fsp3) is 0.417. The molecule has 0 saturated carbocycles. The van der Waals surface area contributed by atoms with Crippen molar-refractivity contribution in [2.75, 3.05) is 19.3 Å². The first-order chi connectivity index (χ1) is 7.77. The minimum Gasteiger partial charge on any atom is -0.397 e. The Labute approximate surface area is 94.7 Å². The van der Waals surface area contributed by atoms with Gasteiger partial charge in [0.1, 0.15) is 5.82 Å². The lowest BCUT2D eigenvalue weighted by Gasteiger charge is -2.18. The van der Waals surface area contributed by atoms with Gasteiger partial charge in [-0.15, -0.1) is 0 Å². The molecule has 0 radical (unpaired) electrons. The zero-order valence-electron chi connectivity index (χ0n) is 9.43. The molecule has 3 rings (SSSR count). The van der Waals surface area contributed by atoms with Crippen molar-refractivity contribution < 1.29 is 0 Å². The molecule has 84 valence electrons. The van der Waals surface area contributed by atoms with Crippen molar-refractivity contribution in [3.8, 4) is 0 Å². The van der Waals surface area contributed by atoms with Crippen molar-refractivity contribution >= 4 is 11.2 Å². The number of anilines is 1. The van der Waals surface area contributed by atoms with E-state index < -0.39 is 0 Å². The average molecular weight is 216 g/mol. The molecule has 16 heavy (non-hydrogen) atoms. The number of rotatable bonds is 1. The van der Waals surface area contributed by atoms with Crippen LogP contribution in [0.15, 0.2) is 24.5 Å². The van der Waals surface area contributed by atoms with Crippen molar-refractivity contribution in [1.29, 1.82) is 0 Å². The molecule has 0 aliphatic carbocycles. The van der Waals surface area contributed by atoms with Gasteiger partial charge in [0.25, 0.3) is 0 Å². The standard InChI is InChI=1S/C12H16N4/c1-15-6-3-5-10(15)12-14-8-11-9(13)4-2-7-16(11)12/h2,4,7-8,10H,3,5-6,13H2,1H3. The molecule has 1 aliphatic rings. The number of fused-ring (bicyclic) bond motifs is 1. The van der Waals surface area contributed by atoms with E-state index in [2.05, 4.69) is 21.3 Å². The minimum atomic E-state index is 0.435. The Morgan fingerprint density at radius 3 is 3.12 bits per heavy atom. The highest BCUT2D eigenvalue weighted by Crippen LogP contribution is 2.30. The summed E-state index contributed by atoms with van der Waals surface area (Å²) in [6, 6.07) is 4.33. The van der Waals surface area contributed by atoms with E-state index in [9.17, 15) is 0 Å². The third-order valence-corrected chi connectivity index (χ3v) is 3.45. The van der Waals surface area contributed by atoms with E-state index in [1.807, 2.05) is 24.5 Å². The third-order valence-electron chi connectivity index (χ3n) is 3.45. The molecule has 1 saturated heterocycles. The van der Waals surface area contributed by atoms with Crippen LogP contribution in [-0.4, -0.2) is 27.9 Å². The van der Waals surface area contributed by atoms with Gasteiger partial charge in [0.2, 0.25) is 0 Å². The average Bonchev–Trinajstić information content (AvgIpc) is 2.84. The van der Waals surface area contributed by atoms with Crippen LogP contribution in [-0.2, 0) is 0 Å². The number of nitrogens with two attached hydrogens (primary N) is 1. The van der Waals surface area contributed by atoms with Crippen molar-refractivity contribution in [2.24, 2.45) is 0 Å². The molecule has 1 unspecified atom stereocenters. The van der Waals surface area contributed by atoms with Crippen LogP contribution in [0.5, 0.6) is 0 Å². The van der Waals surface area contributed by atoms with E-state index in [1.54, 1.807) is 0 Å². The van der Waals surface area contributed by atoms with E-state index in [0.29, 0.717) is 6.04 Å². The van der Waals surface area contributed by atoms with Crippen molar-refractivity contribution in [2.45, 2.75) is 18.9 Å². The molecule has 1 fully saturated rings. The summed E-state index contributed by atoms with van der Waals surface area (Å²) in [7, 11) is 2.16. The Morgan fingerprint density at radius 1 is 1.50 bits per heavy atom. The molecule has 1 aliphatic heterocycles. The van der Waals surface area contributed by atoms with Crippen LogP contribution in [0.25, 0.3) is 5.52 Å². The van der Waals surface area contributed by atoms with Gasteiger partial charge in [-0.2, -0.15) is 0 Å². The molecule has 4 nitrogen and oxygen atoms in total. The molecule has 4 heteroatoms. The second-order valence-corrected chi connectivity index (χ2v) is 4.47. The maximum atomic E-state index is 5.93. The Bertz CT molecular complexity index is 517. The fourth-order valence-corrected chi connectivity index (χ4v) is 2.55. The van der Waals surface area contributed by atoms with Gasteiger partial charge in [-0.05, 0) is 38.6 Å². The quantitative estimate of drug-likeness (QED) is 0.789. The van der Waals surface area contributed by atoms with Crippen molar-refractivity contribution in [3.63, 3.8) is 0 Å². The summed E-state index contributed by atoms with van der Waals surface area (Å²) in [5.74, 6) is 1.11. The number of aromatic nitrogens is 2. The fourth-order valence-electron chi connectivity index (χ4n) is 2.55. The first-order valence-corrected chi connectivity index (χ1v) is 5.69. The monoisotopic (exact) mass is 216 g/mol. The second-order valence-electron chi connectivity index (χ2n) is 4.47. The molecular formula is C12H16N4. The number of nitrogen functional groups attached to an aromatic ring is 1. The van der Waals surface area contributed by atoms with Gasteiger partial charge in [-0.3, -0.25) is 4.90 Å². The van der Waals surface area contributed by atoms with E-state index in [1.165, 1.54) is 12.8 Å². The molecule has 0 bridgehead atoms. The largest absolute Gasteiger partial charge is 0.397 e. The van der Waals surface area contributed by atoms with Gasteiger partial charge in [-0.25, -0.2) is 4.98 Å². The Balaban J connectivity index is 2.14. The molecule has 0 aromatic carbocycles. The van der Waals surface area contributed by atoms with Gasteiger partial charge in [-0.1, -0.05) is 0 Å². The van der Waals surface area contributed by atoms with Gasteiger partial charge >= 0.3 is 0 Å². The van der Waals surface area contributed by atoms with Crippen LogP contribution >= 0.6 is 0 Å². The second kappa shape index (κ2) is 3.49. The highest BCUT2D eigenvalue weighted by Gasteiger charge is 2.26. The van der Waals surface area contributed by atoms with Gasteiger partial charge in [0, 0.05) is 6.20 Å². The van der Waals surface area contributed by atoms with Gasteiger partial charge in [0.15, 0.2) is 0 Å². The number of likely N-dealkylation sites (tertiary alicyclic amines) is 1. The maximum absolute atomic E-state index is 5.93. The van der Waals surface area contributed by atoms with Crippen LogP contribution in [0.4, 0.5) is 5.69 Å². The SMILES string of the molecule is CN1CCCC1c1ncc2c(N)cccn12. The normalized spacial score (nSPS) is 21.9. The highest BCUT2D eigenvalue weighted by molar-refractivity contribution is 5.68. The number of pyridine rings is 1. The summed E-state index contributed by atoms with van der Waals surface area (Å²) < 4.78 is 2.11. The predicted octanol–water partition coefficient (Wildman–Crippen LogP) is 1.68. The molecule has 2 aromatic rings. The minimum absolute atomic E-state index is 0.435. The first kappa shape index (κ1) is 9.66. The van der Waals surface area contributed by atoms with Crippen LogP contribution in [0, 0.1) is 0 Å². The summed E-state index contributed by atoms with van der Waals surface area (Å²) in [6.07, 6.45) is 6.35. The zero-order chi connectivity index (χ0) is 11.1. The Hall–Kier alpha value is -1.55. The lowest BCUT2D eigenvalue weighted by Crippen LogP contribution is -2.19. The molecule has 0 spiro atoms. The molecular weight excluding hydrogens is 200 g/mol. The summed E-state index contributed by atoms with van der Waals surface area (Å²) in [4.78, 5) is 6.89. The summed E-state index contributed by atoms with van der Waals surface area (Å²) in [5.41, 5.74) is 7.73. The van der Waals surface area contributed by atoms with Gasteiger partial charge in [0.05, 0.1) is 23.4 Å². The van der Waals surface area contributed by atoms with Crippen LogP contribution in [0.1, 0.15) is 24.7 Å². The number of nitrogens with zero attached hydrogens (tertiary/aromatic N) is 3. The Morgan fingerprint density at radius 2 is 2.38 bits per heavy atom. The summed E-state index contributed by atoms with van der Waals surface area (Å²) in [6.45, 7) is 1.15. The van der Waals surface area contributed by atoms with Crippen molar-refractivity contribution in [3.05, 3.63) is 30.4 Å². The molecule has 3 heterocycles. The van der Waals surface area contributed by atoms with E-state index in [0.717, 1.165) is 23.6 Å². The predicted molar refractivity (Wildman–Crippen MR) is 64.2 cm³/mol. The van der Waals surface area contributed by atoms with Gasteiger partial charge < -0.3 is 10.1 Å². The number of imidazole rings is 1. The smallest absolute Gasteiger partial charge is 0.130 e. The lowest BCUT2D eigenvalue weighted by molar-refractivity contribution is 0.305. The lowest BCUT2D eigenvalue weighted by atomic mass is 10.2. The topological polar surface area (TPSA) is 46.6 Å². The van der Waals surface area contributed by atoms with Crippen molar-refractivity contribution in [1.82, 2.24) is 14.3 Å². The molecule has 2 N–H and O–H groups in total. The van der Waals surface area contributed by atoms with Crippen LogP contribution in [0.2, 0.25) is 0 Å². The maximum Gasteiger partial charge on any atom is 0.130 e. The number of hydrogen-bond acceptors (Lipinski definition) is 3. The van der Waals surface area contributed by atoms with E-state index in [4.69, 9.17) is 5.73 Å². The first-order valence-electron chi connectivity index (χ1n) is 5.69. The molecule has 2 aromatic heterocycles.